The van der Waals surface area contributed by atoms with Gasteiger partial charge in [0.05, 0.1) is 12.6 Å². The van der Waals surface area contributed by atoms with Crippen molar-refractivity contribution in [3.05, 3.63) is 34.2 Å². The van der Waals surface area contributed by atoms with E-state index in [1.165, 1.54) is 17.7 Å². The van der Waals surface area contributed by atoms with E-state index in [1.807, 2.05) is 13.8 Å². The minimum atomic E-state index is -0.632. The molecule has 0 saturated heterocycles. The van der Waals surface area contributed by atoms with Crippen LogP contribution in [-0.2, 0) is 10.3 Å². The van der Waals surface area contributed by atoms with Crippen LogP contribution in [0.15, 0.2) is 23.1 Å². The fraction of sp³-hybridized carbons (Fsp3) is 0.455. The highest BCUT2D eigenvalue weighted by Crippen LogP contribution is 2.10. The zero-order chi connectivity index (χ0) is 12.3. The lowest BCUT2D eigenvalue weighted by Gasteiger charge is -2.25. The zero-order valence-electron chi connectivity index (χ0n) is 10.1. The number of nitrogens with zero attached hydrogens (tertiary/aromatic N) is 1. The van der Waals surface area contributed by atoms with Gasteiger partial charge < -0.3 is 15.0 Å². The Bertz CT molecular complexity index is 454. The van der Waals surface area contributed by atoms with E-state index in [9.17, 15) is 9.59 Å². The molecule has 2 N–H and O–H groups in total. The Morgan fingerprint density at radius 1 is 1.53 bits per heavy atom. The fourth-order valence-corrected chi connectivity index (χ4v) is 1.33. The molecule has 0 amide bonds. The molecule has 0 fully saturated rings. The van der Waals surface area contributed by atoms with Crippen LogP contribution in [0.2, 0.25) is 0 Å². The molecule has 0 aromatic carbocycles. The van der Waals surface area contributed by atoms with Gasteiger partial charge in [-0.3, -0.25) is 4.79 Å². The number of hydrogen-bond donors (Lipinski definition) is 1. The number of carbonyl (C=O) groups excluding carboxylic acids is 1. The topological polar surface area (TPSA) is 74.3 Å². The molecule has 0 unspecified atom stereocenters. The van der Waals surface area contributed by atoms with Gasteiger partial charge in [-0.1, -0.05) is 0 Å². The van der Waals surface area contributed by atoms with Gasteiger partial charge in [0.2, 0.25) is 0 Å². The first-order chi connectivity index (χ1) is 7.44. The van der Waals surface area contributed by atoms with E-state index in [4.69, 9.17) is 5.73 Å². The van der Waals surface area contributed by atoms with Crippen LogP contribution in [0.3, 0.4) is 0 Å². The van der Waals surface area contributed by atoms with Crippen molar-refractivity contribution in [2.24, 2.45) is 5.73 Å². The molecule has 1 heterocycles. The number of methoxy groups -OCH3 is 1. The van der Waals surface area contributed by atoms with Crippen molar-refractivity contribution >= 4 is 18.4 Å². The third-order valence-corrected chi connectivity index (χ3v) is 2.50. The normalized spacial score (nSPS) is 10.6. The Kier molecular flexibility index (Phi) is 5.38. The molecule has 5 nitrogen and oxygen atoms in total. The lowest BCUT2D eigenvalue weighted by atomic mass is 10.1. The summed E-state index contributed by atoms with van der Waals surface area (Å²) in [5.41, 5.74) is 4.70. The van der Waals surface area contributed by atoms with E-state index in [0.717, 1.165) is 0 Å². The van der Waals surface area contributed by atoms with Crippen LogP contribution in [0.25, 0.3) is 0 Å². The number of ether oxygens (including phenoxy) is 1. The van der Waals surface area contributed by atoms with E-state index >= 15 is 0 Å². The van der Waals surface area contributed by atoms with Crippen LogP contribution < -0.4 is 11.3 Å². The second kappa shape index (κ2) is 5.84. The van der Waals surface area contributed by atoms with Gasteiger partial charge >= 0.3 is 5.97 Å². The third kappa shape index (κ3) is 3.08. The van der Waals surface area contributed by atoms with E-state index in [0.29, 0.717) is 6.54 Å². The summed E-state index contributed by atoms with van der Waals surface area (Å²) in [5.74, 6) is -0.632. The van der Waals surface area contributed by atoms with Crippen molar-refractivity contribution in [3.63, 3.8) is 0 Å². The Morgan fingerprint density at radius 3 is 2.59 bits per heavy atom. The number of esters is 1. The molecule has 0 aliphatic heterocycles. The summed E-state index contributed by atoms with van der Waals surface area (Å²) < 4.78 is 5.98. The van der Waals surface area contributed by atoms with Gasteiger partial charge in [0.15, 0.2) is 0 Å². The largest absolute Gasteiger partial charge is 0.465 e. The first-order valence-corrected chi connectivity index (χ1v) is 4.94. The minimum absolute atomic E-state index is 0. The maximum atomic E-state index is 12.0. The third-order valence-electron chi connectivity index (χ3n) is 2.50. The van der Waals surface area contributed by atoms with E-state index in [2.05, 4.69) is 4.74 Å². The van der Waals surface area contributed by atoms with Gasteiger partial charge in [-0.05, 0) is 26.0 Å². The Morgan fingerprint density at radius 2 is 2.12 bits per heavy atom. The summed E-state index contributed by atoms with van der Waals surface area (Å²) in [7, 11) is 1.24. The molecule has 0 aliphatic rings. The van der Waals surface area contributed by atoms with Gasteiger partial charge in [-0.2, -0.15) is 0 Å². The van der Waals surface area contributed by atoms with Crippen LogP contribution >= 0.6 is 12.4 Å². The molecule has 0 saturated carbocycles. The molecular weight excluding hydrogens is 244 g/mol. The standard InChI is InChI=1S/C11H16N2O3.ClH/c1-11(2,7-12)13-6-4-5-8(9(13)14)10(15)16-3;/h4-6H,7,12H2,1-3H3;1H. The van der Waals surface area contributed by atoms with Crippen molar-refractivity contribution in [2.75, 3.05) is 13.7 Å². The lowest BCUT2D eigenvalue weighted by Crippen LogP contribution is -2.43. The molecule has 0 aliphatic carbocycles. The van der Waals surface area contributed by atoms with Gasteiger partial charge in [0.1, 0.15) is 5.56 Å². The number of halogens is 1. The molecule has 0 spiro atoms. The monoisotopic (exact) mass is 260 g/mol. The van der Waals surface area contributed by atoms with Crippen LogP contribution in [0.4, 0.5) is 0 Å². The van der Waals surface area contributed by atoms with Crippen molar-refractivity contribution in [1.29, 1.82) is 0 Å². The van der Waals surface area contributed by atoms with Crippen LogP contribution in [0, 0.1) is 0 Å². The Balaban J connectivity index is 0.00000256. The van der Waals surface area contributed by atoms with E-state index < -0.39 is 11.5 Å². The average Bonchev–Trinajstić information content (AvgIpc) is 2.28. The summed E-state index contributed by atoms with van der Waals surface area (Å²) >= 11 is 0. The number of nitrogens with two attached hydrogens (primary N) is 1. The molecule has 0 atom stereocenters. The van der Waals surface area contributed by atoms with Gasteiger partial charge in [-0.15, -0.1) is 12.4 Å². The molecule has 1 aromatic heterocycles. The first kappa shape index (κ1) is 15.7. The van der Waals surface area contributed by atoms with Crippen LogP contribution in [0.5, 0.6) is 0 Å². The zero-order valence-corrected chi connectivity index (χ0v) is 10.9. The lowest BCUT2D eigenvalue weighted by molar-refractivity contribution is 0.0597. The summed E-state index contributed by atoms with van der Waals surface area (Å²) in [6.45, 7) is 3.96. The Hall–Kier alpha value is -1.33. The maximum Gasteiger partial charge on any atom is 0.343 e. The number of hydrogen-bond acceptors (Lipinski definition) is 4. The number of pyridine rings is 1. The van der Waals surface area contributed by atoms with Crippen molar-refractivity contribution < 1.29 is 9.53 Å². The summed E-state index contributed by atoms with van der Waals surface area (Å²) in [4.78, 5) is 23.3. The van der Waals surface area contributed by atoms with Crippen molar-refractivity contribution in [3.8, 4) is 0 Å². The van der Waals surface area contributed by atoms with E-state index in [1.54, 1.807) is 12.3 Å². The molecular formula is C11H17ClN2O3. The highest BCUT2D eigenvalue weighted by atomic mass is 35.5. The number of aromatic nitrogens is 1. The smallest absolute Gasteiger partial charge is 0.343 e. The Labute approximate surface area is 106 Å². The first-order valence-electron chi connectivity index (χ1n) is 4.94. The fourth-order valence-electron chi connectivity index (χ4n) is 1.33. The van der Waals surface area contributed by atoms with Crippen LogP contribution in [-0.4, -0.2) is 24.2 Å². The summed E-state index contributed by atoms with van der Waals surface area (Å²) in [6, 6.07) is 3.07. The summed E-state index contributed by atoms with van der Waals surface area (Å²) in [6.07, 6.45) is 1.61. The highest BCUT2D eigenvalue weighted by molar-refractivity contribution is 5.88. The van der Waals surface area contributed by atoms with Gasteiger partial charge in [-0.25, -0.2) is 4.79 Å². The van der Waals surface area contributed by atoms with Crippen LogP contribution in [0.1, 0.15) is 24.2 Å². The van der Waals surface area contributed by atoms with Crippen molar-refractivity contribution in [1.82, 2.24) is 4.57 Å². The average molecular weight is 261 g/mol. The minimum Gasteiger partial charge on any atom is -0.465 e. The molecule has 6 heteroatoms. The molecule has 1 aromatic rings. The SMILES string of the molecule is COC(=O)c1cccn(C(C)(C)CN)c1=O.Cl. The molecule has 96 valence electrons. The maximum absolute atomic E-state index is 12.0. The second-order valence-corrected chi connectivity index (χ2v) is 4.11. The van der Waals surface area contributed by atoms with Crippen molar-refractivity contribution in [2.45, 2.75) is 19.4 Å². The molecule has 17 heavy (non-hydrogen) atoms. The molecule has 0 bridgehead atoms. The second-order valence-electron chi connectivity index (χ2n) is 4.11. The molecule has 0 radical (unpaired) electrons. The number of rotatable bonds is 3. The summed E-state index contributed by atoms with van der Waals surface area (Å²) in [5, 5.41) is 0. The predicted octanol–water partition coefficient (Wildman–Crippen LogP) is 0.751. The quantitative estimate of drug-likeness (QED) is 0.814. The number of carbonyl (C=O) groups is 1. The van der Waals surface area contributed by atoms with E-state index in [-0.39, 0.29) is 23.5 Å². The van der Waals surface area contributed by atoms with Gasteiger partial charge in [0.25, 0.3) is 5.56 Å². The molecule has 1 rings (SSSR count). The van der Waals surface area contributed by atoms with Gasteiger partial charge in [0, 0.05) is 12.7 Å². The highest BCUT2D eigenvalue weighted by Gasteiger charge is 2.22. The predicted molar refractivity (Wildman–Crippen MR) is 67.7 cm³/mol.